The third-order valence-electron chi connectivity index (χ3n) is 4.15. The van der Waals surface area contributed by atoms with Gasteiger partial charge in [0.2, 0.25) is 5.91 Å². The molecule has 0 aliphatic rings. The number of nitrogens with zero attached hydrogens (tertiary/aromatic N) is 2. The molecule has 0 aliphatic heterocycles. The van der Waals surface area contributed by atoms with Crippen LogP contribution in [0.1, 0.15) is 37.0 Å². The Morgan fingerprint density at radius 1 is 1.29 bits per heavy atom. The van der Waals surface area contributed by atoms with E-state index in [1.807, 2.05) is 11.4 Å². The largest absolute Gasteiger partial charge is 0.325 e. The monoisotopic (exact) mass is 415 g/mol. The lowest BCUT2D eigenvalue weighted by molar-refractivity contribution is -0.113. The van der Waals surface area contributed by atoms with Crippen molar-refractivity contribution in [1.29, 1.82) is 0 Å². The highest BCUT2D eigenvalue weighted by Crippen LogP contribution is 2.22. The van der Waals surface area contributed by atoms with Crippen molar-refractivity contribution in [3.8, 4) is 0 Å². The number of nitrogens with one attached hydrogen (secondary N) is 1. The van der Waals surface area contributed by atoms with Crippen LogP contribution in [-0.2, 0) is 11.3 Å². The quantitative estimate of drug-likeness (QED) is 0.339. The summed E-state index contributed by atoms with van der Waals surface area (Å²) in [6, 6.07) is 8.65. The van der Waals surface area contributed by atoms with Crippen molar-refractivity contribution in [2.45, 2.75) is 38.4 Å². The molecule has 2 aromatic heterocycles. The number of amides is 1. The van der Waals surface area contributed by atoms with Crippen LogP contribution in [0.3, 0.4) is 0 Å². The summed E-state index contributed by atoms with van der Waals surface area (Å²) in [7, 11) is 0. The van der Waals surface area contributed by atoms with E-state index in [9.17, 15) is 14.4 Å². The van der Waals surface area contributed by atoms with Crippen molar-refractivity contribution in [3.63, 3.8) is 0 Å². The number of aromatic nitrogens is 2. The molecule has 0 saturated carbocycles. The van der Waals surface area contributed by atoms with Crippen molar-refractivity contribution in [2.24, 2.45) is 0 Å². The highest BCUT2D eigenvalue weighted by atomic mass is 32.2. The molecule has 3 aromatic rings. The van der Waals surface area contributed by atoms with E-state index in [1.165, 1.54) is 30.0 Å². The van der Waals surface area contributed by atoms with Crippen LogP contribution in [0, 0.1) is 0 Å². The lowest BCUT2D eigenvalue weighted by Gasteiger charge is -2.11. The van der Waals surface area contributed by atoms with Gasteiger partial charge in [-0.1, -0.05) is 37.2 Å². The lowest BCUT2D eigenvalue weighted by Crippen LogP contribution is -2.23. The summed E-state index contributed by atoms with van der Waals surface area (Å²) in [6.45, 7) is 4.14. The van der Waals surface area contributed by atoms with Crippen LogP contribution in [0.25, 0.3) is 10.2 Å². The second-order valence-electron chi connectivity index (χ2n) is 6.31. The average Bonchev–Trinajstić information content (AvgIpc) is 3.15. The maximum Gasteiger partial charge on any atom is 0.272 e. The number of unbranched alkanes of at least 4 members (excludes halogenated alkanes) is 1. The summed E-state index contributed by atoms with van der Waals surface area (Å²) in [5.74, 6) is -0.149. The summed E-state index contributed by atoms with van der Waals surface area (Å²) in [4.78, 5) is 41.2. The van der Waals surface area contributed by atoms with Gasteiger partial charge in [0.15, 0.2) is 10.9 Å². The fourth-order valence-corrected chi connectivity index (χ4v) is 4.29. The average molecular weight is 416 g/mol. The first-order valence-corrected chi connectivity index (χ1v) is 10.9. The maximum absolute atomic E-state index is 12.7. The summed E-state index contributed by atoms with van der Waals surface area (Å²) >= 11 is 2.63. The summed E-state index contributed by atoms with van der Waals surface area (Å²) in [6.07, 6.45) is 1.84. The van der Waals surface area contributed by atoms with Crippen LogP contribution in [0.4, 0.5) is 5.69 Å². The molecule has 0 unspecified atom stereocenters. The molecule has 0 aliphatic carbocycles. The zero-order chi connectivity index (χ0) is 20.1. The van der Waals surface area contributed by atoms with E-state index in [4.69, 9.17) is 0 Å². The molecule has 0 fully saturated rings. The van der Waals surface area contributed by atoms with Gasteiger partial charge in [-0.2, -0.15) is 0 Å². The molecule has 146 valence electrons. The minimum absolute atomic E-state index is 0.0504. The molecule has 1 N–H and O–H groups in total. The van der Waals surface area contributed by atoms with Crippen molar-refractivity contribution in [2.75, 3.05) is 11.1 Å². The minimum atomic E-state index is -0.215. The number of carbonyl (C=O) groups excluding carboxylic acids is 2. The second-order valence-corrected chi connectivity index (χ2v) is 8.17. The standard InChI is InChI=1S/C20H21N3O3S2/c1-3-4-9-23-19(26)18-16(8-10-27-18)22-20(23)28-12-17(25)21-15-7-5-6-14(11-15)13(2)24/h5-8,10-11H,3-4,9,12H2,1-2H3,(H,21,25). The number of benzene rings is 1. The van der Waals surface area contributed by atoms with Gasteiger partial charge in [0.1, 0.15) is 4.70 Å². The van der Waals surface area contributed by atoms with Gasteiger partial charge in [-0.15, -0.1) is 11.3 Å². The molecule has 6 nitrogen and oxygen atoms in total. The number of thioether (sulfide) groups is 1. The van der Waals surface area contributed by atoms with Crippen LogP contribution in [0.15, 0.2) is 45.7 Å². The summed E-state index contributed by atoms with van der Waals surface area (Å²) < 4.78 is 2.31. The predicted molar refractivity (Wildman–Crippen MR) is 115 cm³/mol. The first kappa shape index (κ1) is 20.3. The molecule has 0 spiro atoms. The van der Waals surface area contributed by atoms with E-state index in [0.29, 0.717) is 33.2 Å². The number of rotatable bonds is 8. The van der Waals surface area contributed by atoms with Crippen LogP contribution in [0.2, 0.25) is 0 Å². The Bertz CT molecular complexity index is 1070. The molecule has 1 aromatic carbocycles. The van der Waals surface area contributed by atoms with E-state index < -0.39 is 0 Å². The minimum Gasteiger partial charge on any atom is -0.325 e. The third-order valence-corrected chi connectivity index (χ3v) is 6.02. The number of hydrogen-bond donors (Lipinski definition) is 1. The predicted octanol–water partition coefficient (Wildman–Crippen LogP) is 4.19. The zero-order valence-electron chi connectivity index (χ0n) is 15.7. The van der Waals surface area contributed by atoms with Gasteiger partial charge in [-0.25, -0.2) is 4.98 Å². The van der Waals surface area contributed by atoms with E-state index >= 15 is 0 Å². The fourth-order valence-electron chi connectivity index (χ4n) is 2.69. The Labute approximate surface area is 171 Å². The van der Waals surface area contributed by atoms with Gasteiger partial charge < -0.3 is 5.32 Å². The second kappa shape index (κ2) is 9.16. The van der Waals surface area contributed by atoms with E-state index in [0.717, 1.165) is 12.8 Å². The van der Waals surface area contributed by atoms with Crippen molar-refractivity contribution in [1.82, 2.24) is 9.55 Å². The van der Waals surface area contributed by atoms with Crippen molar-refractivity contribution >= 4 is 50.7 Å². The number of anilines is 1. The highest BCUT2D eigenvalue weighted by molar-refractivity contribution is 7.99. The normalized spacial score (nSPS) is 10.9. The molecular formula is C20H21N3O3S2. The molecular weight excluding hydrogens is 394 g/mol. The lowest BCUT2D eigenvalue weighted by atomic mass is 10.1. The van der Waals surface area contributed by atoms with Gasteiger partial charge in [0.25, 0.3) is 5.56 Å². The smallest absolute Gasteiger partial charge is 0.272 e. The number of ketones is 1. The SMILES string of the molecule is CCCCn1c(SCC(=O)Nc2cccc(C(C)=O)c2)nc2ccsc2c1=O. The molecule has 0 radical (unpaired) electrons. The molecule has 1 amide bonds. The molecule has 8 heteroatoms. The number of thiophene rings is 1. The topological polar surface area (TPSA) is 81.1 Å². The first-order valence-electron chi connectivity index (χ1n) is 9.01. The zero-order valence-corrected chi connectivity index (χ0v) is 17.4. The van der Waals surface area contributed by atoms with E-state index in [-0.39, 0.29) is 23.0 Å². The van der Waals surface area contributed by atoms with E-state index in [2.05, 4.69) is 17.2 Å². The molecule has 2 heterocycles. The van der Waals surface area contributed by atoms with Gasteiger partial charge in [-0.3, -0.25) is 19.0 Å². The maximum atomic E-state index is 12.7. The van der Waals surface area contributed by atoms with Crippen molar-refractivity contribution in [3.05, 3.63) is 51.6 Å². The number of carbonyl (C=O) groups is 2. The Morgan fingerprint density at radius 2 is 2.11 bits per heavy atom. The number of fused-ring (bicyclic) bond motifs is 1. The molecule has 0 bridgehead atoms. The summed E-state index contributed by atoms with van der Waals surface area (Å²) in [5.41, 5.74) is 1.73. The van der Waals surface area contributed by atoms with Gasteiger partial charge in [-0.05, 0) is 36.9 Å². The van der Waals surface area contributed by atoms with E-state index in [1.54, 1.807) is 28.8 Å². The van der Waals surface area contributed by atoms with Crippen LogP contribution >= 0.6 is 23.1 Å². The Balaban J connectivity index is 1.75. The first-order chi connectivity index (χ1) is 13.5. The van der Waals surface area contributed by atoms with Gasteiger partial charge in [0.05, 0.1) is 11.3 Å². The summed E-state index contributed by atoms with van der Waals surface area (Å²) in [5, 5.41) is 5.20. The van der Waals surface area contributed by atoms with Crippen LogP contribution in [0.5, 0.6) is 0 Å². The van der Waals surface area contributed by atoms with Crippen LogP contribution in [-0.4, -0.2) is 27.0 Å². The third kappa shape index (κ3) is 4.69. The molecule has 0 saturated heterocycles. The van der Waals surface area contributed by atoms with Crippen molar-refractivity contribution < 1.29 is 9.59 Å². The van der Waals surface area contributed by atoms with Gasteiger partial charge in [0, 0.05) is 17.8 Å². The number of Topliss-reactive ketones (excluding diaryl/α,β-unsaturated/α-hetero) is 1. The fraction of sp³-hybridized carbons (Fsp3) is 0.300. The number of hydrogen-bond acceptors (Lipinski definition) is 6. The van der Waals surface area contributed by atoms with Crippen LogP contribution < -0.4 is 10.9 Å². The Kier molecular flexibility index (Phi) is 6.64. The molecule has 3 rings (SSSR count). The highest BCUT2D eigenvalue weighted by Gasteiger charge is 2.14. The van der Waals surface area contributed by atoms with Gasteiger partial charge >= 0.3 is 0 Å². The molecule has 0 atom stereocenters. The Hall–Kier alpha value is -2.45. The molecule has 28 heavy (non-hydrogen) atoms. The Morgan fingerprint density at radius 3 is 2.86 bits per heavy atom.